The van der Waals surface area contributed by atoms with E-state index in [-0.39, 0.29) is 17.1 Å². The molecular weight excluding hydrogens is 288 g/mol. The molecule has 0 aliphatic heterocycles. The maximum atomic E-state index is 11.0. The highest BCUT2D eigenvalue weighted by Crippen LogP contribution is 2.28. The van der Waals surface area contributed by atoms with E-state index >= 15 is 0 Å². The normalized spacial score (nSPS) is 12.3. The summed E-state index contributed by atoms with van der Waals surface area (Å²) in [5.41, 5.74) is 2.05. The van der Waals surface area contributed by atoms with Crippen LogP contribution < -0.4 is 5.43 Å². The van der Waals surface area contributed by atoms with Gasteiger partial charge in [0.1, 0.15) is 5.69 Å². The van der Waals surface area contributed by atoms with Crippen LogP contribution >= 0.6 is 0 Å². The molecule has 0 aliphatic rings. The fourth-order valence-corrected chi connectivity index (χ4v) is 1.94. The van der Waals surface area contributed by atoms with Gasteiger partial charge in [0.2, 0.25) is 0 Å². The van der Waals surface area contributed by atoms with Crippen molar-refractivity contribution in [3.05, 3.63) is 38.4 Å². The second-order valence-corrected chi connectivity index (χ2v) is 4.92. The third-order valence-corrected chi connectivity index (χ3v) is 3.31. The quantitative estimate of drug-likeness (QED) is 0.419. The highest BCUT2D eigenvalue weighted by molar-refractivity contribution is 5.68. The molecular formula is C14H20N4O4. The number of nitro groups is 2. The molecule has 0 fully saturated rings. The molecule has 0 aromatic heterocycles. The van der Waals surface area contributed by atoms with Gasteiger partial charge in [0.15, 0.2) is 0 Å². The molecule has 0 spiro atoms. The fraction of sp³-hybridized carbons (Fsp3) is 0.500. The van der Waals surface area contributed by atoms with Crippen LogP contribution in [0.25, 0.3) is 0 Å². The lowest BCUT2D eigenvalue weighted by molar-refractivity contribution is -0.393. The number of anilines is 1. The summed E-state index contributed by atoms with van der Waals surface area (Å²) >= 11 is 0. The van der Waals surface area contributed by atoms with Crippen molar-refractivity contribution < 1.29 is 9.85 Å². The molecule has 1 rings (SSSR count). The van der Waals surface area contributed by atoms with Crippen molar-refractivity contribution in [3.63, 3.8) is 0 Å². The molecule has 0 bridgehead atoms. The Hall–Kier alpha value is -2.51. The molecule has 1 aromatic carbocycles. The van der Waals surface area contributed by atoms with Crippen LogP contribution in [-0.2, 0) is 0 Å². The van der Waals surface area contributed by atoms with Gasteiger partial charge in [-0.3, -0.25) is 25.7 Å². The summed E-state index contributed by atoms with van der Waals surface area (Å²) in [4.78, 5) is 20.3. The van der Waals surface area contributed by atoms with E-state index < -0.39 is 9.85 Å². The molecule has 1 N–H and O–H groups in total. The van der Waals surface area contributed by atoms with Crippen LogP contribution in [0.3, 0.4) is 0 Å². The van der Waals surface area contributed by atoms with Gasteiger partial charge in [0.05, 0.1) is 15.9 Å². The van der Waals surface area contributed by atoms with Gasteiger partial charge in [-0.15, -0.1) is 0 Å². The van der Waals surface area contributed by atoms with Crippen LogP contribution in [0.4, 0.5) is 17.1 Å². The molecule has 8 heteroatoms. The molecule has 0 aliphatic carbocycles. The highest BCUT2D eigenvalue weighted by Gasteiger charge is 2.19. The smallest absolute Gasteiger partial charge is 0.272 e. The number of nitro benzene ring substituents is 2. The maximum absolute atomic E-state index is 11.0. The van der Waals surface area contributed by atoms with Crippen LogP contribution in [0.15, 0.2) is 23.3 Å². The number of hydrogen-bond acceptors (Lipinski definition) is 6. The third-order valence-electron chi connectivity index (χ3n) is 3.31. The van der Waals surface area contributed by atoms with Gasteiger partial charge in [-0.2, -0.15) is 5.10 Å². The molecule has 0 heterocycles. The zero-order chi connectivity index (χ0) is 16.5. The molecule has 8 nitrogen and oxygen atoms in total. The van der Waals surface area contributed by atoms with E-state index in [0.717, 1.165) is 31.7 Å². The monoisotopic (exact) mass is 308 g/mol. The van der Waals surface area contributed by atoms with Crippen LogP contribution in [0.5, 0.6) is 0 Å². The van der Waals surface area contributed by atoms with E-state index in [2.05, 4.69) is 24.4 Å². The predicted octanol–water partition coefficient (Wildman–Crippen LogP) is 4.12. The summed E-state index contributed by atoms with van der Waals surface area (Å²) in [6.45, 7) is 4.17. The topological polar surface area (TPSA) is 111 Å². The number of hydrazone groups is 1. The van der Waals surface area contributed by atoms with E-state index in [1.807, 2.05) is 0 Å². The van der Waals surface area contributed by atoms with Crippen molar-refractivity contribution >= 4 is 23.3 Å². The molecule has 120 valence electrons. The predicted molar refractivity (Wildman–Crippen MR) is 85.2 cm³/mol. The Bertz CT molecular complexity index is 560. The number of nitrogens with one attached hydrogen (secondary N) is 1. The molecule has 0 saturated heterocycles. The summed E-state index contributed by atoms with van der Waals surface area (Å²) in [6, 6.07) is 3.42. The number of non-ortho nitro benzene ring substituents is 1. The Morgan fingerprint density at radius 2 is 2.00 bits per heavy atom. The number of benzene rings is 1. The summed E-state index contributed by atoms with van der Waals surface area (Å²) < 4.78 is 0. The minimum Gasteiger partial charge on any atom is -0.272 e. The number of unbranched alkanes of at least 4 members (excludes halogenated alkanes) is 1. The maximum Gasteiger partial charge on any atom is 0.301 e. The van der Waals surface area contributed by atoms with Gasteiger partial charge < -0.3 is 0 Å². The number of rotatable bonds is 9. The van der Waals surface area contributed by atoms with E-state index in [1.54, 1.807) is 6.21 Å². The first-order valence-corrected chi connectivity index (χ1v) is 7.21. The van der Waals surface area contributed by atoms with E-state index in [0.29, 0.717) is 5.92 Å². The van der Waals surface area contributed by atoms with Crippen molar-refractivity contribution in [2.75, 3.05) is 5.43 Å². The van der Waals surface area contributed by atoms with Crippen LogP contribution in [-0.4, -0.2) is 16.1 Å². The van der Waals surface area contributed by atoms with Crippen molar-refractivity contribution in [2.24, 2.45) is 11.0 Å². The standard InChI is InChI=1S/C14H20N4O4/c1-3-5-6-11(4-2)10-15-16-13-8-7-12(17(19)20)9-14(13)18(21)22/h7-11,16H,3-6H2,1-2H3. The Kier molecular flexibility index (Phi) is 6.94. The third kappa shape index (κ3) is 5.12. The Balaban J connectivity index is 2.84. The SMILES string of the molecule is CCCCC(C=NNc1ccc([N+](=O)[O-])cc1[N+](=O)[O-])CC. The first-order chi connectivity index (χ1) is 10.5. The highest BCUT2D eigenvalue weighted by atomic mass is 16.6. The van der Waals surface area contributed by atoms with Crippen molar-refractivity contribution in [2.45, 2.75) is 39.5 Å². The fourth-order valence-electron chi connectivity index (χ4n) is 1.94. The molecule has 1 atom stereocenters. The van der Waals surface area contributed by atoms with Crippen LogP contribution in [0.1, 0.15) is 39.5 Å². The van der Waals surface area contributed by atoms with E-state index in [1.165, 1.54) is 12.1 Å². The second-order valence-electron chi connectivity index (χ2n) is 4.92. The summed E-state index contributed by atoms with van der Waals surface area (Å²) in [7, 11) is 0. The Morgan fingerprint density at radius 1 is 1.27 bits per heavy atom. The van der Waals surface area contributed by atoms with Crippen LogP contribution in [0.2, 0.25) is 0 Å². The van der Waals surface area contributed by atoms with E-state index in [4.69, 9.17) is 0 Å². The molecule has 22 heavy (non-hydrogen) atoms. The van der Waals surface area contributed by atoms with Crippen molar-refractivity contribution in [1.82, 2.24) is 0 Å². The molecule has 1 unspecified atom stereocenters. The van der Waals surface area contributed by atoms with Crippen molar-refractivity contribution in [3.8, 4) is 0 Å². The lowest BCUT2D eigenvalue weighted by Gasteiger charge is -2.08. The first-order valence-electron chi connectivity index (χ1n) is 7.21. The summed E-state index contributed by atoms with van der Waals surface area (Å²) in [5, 5.41) is 25.7. The Morgan fingerprint density at radius 3 is 2.55 bits per heavy atom. The zero-order valence-corrected chi connectivity index (χ0v) is 12.7. The number of hydrogen-bond donors (Lipinski definition) is 1. The van der Waals surface area contributed by atoms with E-state index in [9.17, 15) is 20.2 Å². The van der Waals surface area contributed by atoms with Gasteiger partial charge in [-0.05, 0) is 24.8 Å². The lowest BCUT2D eigenvalue weighted by atomic mass is 10.0. The van der Waals surface area contributed by atoms with Crippen LogP contribution in [0, 0.1) is 26.1 Å². The second kappa shape index (κ2) is 8.71. The summed E-state index contributed by atoms with van der Waals surface area (Å²) in [5.74, 6) is 0.310. The van der Waals surface area contributed by atoms with Gasteiger partial charge in [-0.1, -0.05) is 26.7 Å². The molecule has 0 amide bonds. The molecule has 1 aromatic rings. The lowest BCUT2D eigenvalue weighted by Crippen LogP contribution is -2.03. The van der Waals surface area contributed by atoms with Gasteiger partial charge >= 0.3 is 5.69 Å². The van der Waals surface area contributed by atoms with Gasteiger partial charge in [-0.25, -0.2) is 0 Å². The zero-order valence-electron chi connectivity index (χ0n) is 12.7. The average Bonchev–Trinajstić information content (AvgIpc) is 2.50. The average molecular weight is 308 g/mol. The minimum atomic E-state index is -0.669. The number of nitrogens with zero attached hydrogens (tertiary/aromatic N) is 3. The van der Waals surface area contributed by atoms with Crippen molar-refractivity contribution in [1.29, 1.82) is 0 Å². The first kappa shape index (κ1) is 17.5. The largest absolute Gasteiger partial charge is 0.301 e. The van der Waals surface area contributed by atoms with Gasteiger partial charge in [0.25, 0.3) is 5.69 Å². The Labute approximate surface area is 128 Å². The van der Waals surface area contributed by atoms with Gasteiger partial charge in [0, 0.05) is 12.3 Å². The molecule has 0 radical (unpaired) electrons. The minimum absolute atomic E-state index is 0.136. The summed E-state index contributed by atoms with van der Waals surface area (Å²) in [6.07, 6.45) is 5.89. The molecule has 0 saturated carbocycles.